The average molecular weight is 495 g/mol. The first kappa shape index (κ1) is 25.4. The van der Waals surface area contributed by atoms with Crippen LogP contribution in [0, 0.1) is 11.8 Å². The number of hydrogen-bond acceptors (Lipinski definition) is 6. The highest BCUT2D eigenvalue weighted by molar-refractivity contribution is 7.89. The van der Waals surface area contributed by atoms with Gasteiger partial charge in [-0.15, -0.1) is 0 Å². The number of carbonyl (C=O) groups excluding carboxylic acids is 1. The predicted octanol–water partition coefficient (Wildman–Crippen LogP) is 2.96. The summed E-state index contributed by atoms with van der Waals surface area (Å²) in [5.41, 5.74) is 0.623. The minimum atomic E-state index is -3.73. The van der Waals surface area contributed by atoms with E-state index in [9.17, 15) is 21.6 Å². The van der Waals surface area contributed by atoms with E-state index in [0.717, 1.165) is 10.7 Å². The smallest absolute Gasteiger partial charge is 0.338 e. The zero-order valence-electron chi connectivity index (χ0n) is 19.3. The van der Waals surface area contributed by atoms with Gasteiger partial charge >= 0.3 is 5.97 Å². The summed E-state index contributed by atoms with van der Waals surface area (Å²) in [5, 5.41) is 0. The van der Waals surface area contributed by atoms with E-state index in [0.29, 0.717) is 18.7 Å². The minimum absolute atomic E-state index is 0.0531. The number of esters is 1. The van der Waals surface area contributed by atoms with Crippen molar-refractivity contribution in [2.45, 2.75) is 36.7 Å². The predicted molar refractivity (Wildman–Crippen MR) is 125 cm³/mol. The van der Waals surface area contributed by atoms with Crippen molar-refractivity contribution in [1.29, 1.82) is 0 Å². The van der Waals surface area contributed by atoms with Crippen LogP contribution in [0.5, 0.6) is 0 Å². The van der Waals surface area contributed by atoms with Gasteiger partial charge in [-0.3, -0.25) is 0 Å². The Labute approximate surface area is 196 Å². The normalized spacial score (nSPS) is 20.0. The second kappa shape index (κ2) is 9.92. The van der Waals surface area contributed by atoms with E-state index >= 15 is 0 Å². The Hall–Kier alpha value is -2.27. The van der Waals surface area contributed by atoms with Crippen molar-refractivity contribution in [2.24, 2.45) is 11.8 Å². The second-order valence-corrected chi connectivity index (χ2v) is 12.9. The van der Waals surface area contributed by atoms with Crippen molar-refractivity contribution in [3.05, 3.63) is 59.7 Å². The summed E-state index contributed by atoms with van der Waals surface area (Å²) in [6.45, 7) is 4.82. The van der Waals surface area contributed by atoms with E-state index in [1.165, 1.54) is 54.8 Å². The van der Waals surface area contributed by atoms with E-state index in [1.54, 1.807) is 12.1 Å². The van der Waals surface area contributed by atoms with Crippen molar-refractivity contribution in [3.63, 3.8) is 0 Å². The molecule has 2 unspecified atom stereocenters. The lowest BCUT2D eigenvalue weighted by Gasteiger charge is -2.34. The Morgan fingerprint density at radius 2 is 1.58 bits per heavy atom. The van der Waals surface area contributed by atoms with Gasteiger partial charge in [0.1, 0.15) is 6.61 Å². The van der Waals surface area contributed by atoms with Gasteiger partial charge in [0, 0.05) is 27.2 Å². The van der Waals surface area contributed by atoms with E-state index < -0.39 is 26.0 Å². The fourth-order valence-corrected chi connectivity index (χ4v) is 6.67. The number of hydrogen-bond donors (Lipinski definition) is 0. The molecule has 2 aromatic rings. The third-order valence-electron chi connectivity index (χ3n) is 5.59. The number of nitrogens with zero attached hydrogens (tertiary/aromatic N) is 2. The van der Waals surface area contributed by atoms with Gasteiger partial charge in [0.15, 0.2) is 0 Å². The van der Waals surface area contributed by atoms with Crippen LogP contribution in [0.15, 0.2) is 58.3 Å². The van der Waals surface area contributed by atoms with Crippen molar-refractivity contribution in [1.82, 2.24) is 8.61 Å². The maximum absolute atomic E-state index is 13.1. The lowest BCUT2D eigenvalue weighted by molar-refractivity contribution is 0.0472. The molecule has 1 aliphatic rings. The number of piperidine rings is 1. The molecule has 1 aliphatic heterocycles. The molecule has 0 radical (unpaired) electrons. The molecule has 3 rings (SSSR count). The van der Waals surface area contributed by atoms with Crippen LogP contribution in [-0.4, -0.2) is 58.6 Å². The highest BCUT2D eigenvalue weighted by Gasteiger charge is 2.32. The summed E-state index contributed by atoms with van der Waals surface area (Å²) in [4.78, 5) is 12.8. The maximum atomic E-state index is 13.1. The summed E-state index contributed by atoms with van der Waals surface area (Å²) < 4.78 is 58.8. The monoisotopic (exact) mass is 494 g/mol. The summed E-state index contributed by atoms with van der Waals surface area (Å²) >= 11 is 0. The molecular formula is C23H30N2O6S2. The molecule has 10 heteroatoms. The Kier molecular flexibility index (Phi) is 7.62. The molecule has 8 nitrogen and oxygen atoms in total. The molecule has 1 heterocycles. The SMILES string of the molecule is CC1CC(C)CN(S(=O)(=O)c2cccc(C(=O)OCc3cccc(S(=O)(=O)N(C)C)c3)c2)C1. The zero-order chi connectivity index (χ0) is 24.4. The molecule has 180 valence electrons. The first-order valence-corrected chi connectivity index (χ1v) is 13.6. The number of sulfonamides is 2. The van der Waals surface area contributed by atoms with Crippen LogP contribution in [0.4, 0.5) is 0 Å². The number of rotatable bonds is 7. The van der Waals surface area contributed by atoms with Crippen molar-refractivity contribution < 1.29 is 26.4 Å². The summed E-state index contributed by atoms with van der Waals surface area (Å²) in [6.07, 6.45) is 0.982. The zero-order valence-corrected chi connectivity index (χ0v) is 20.9. The van der Waals surface area contributed by atoms with Gasteiger partial charge in [0.2, 0.25) is 20.0 Å². The molecule has 1 fully saturated rings. The van der Waals surface area contributed by atoms with Gasteiger partial charge in [-0.1, -0.05) is 32.0 Å². The molecule has 0 aromatic heterocycles. The van der Waals surface area contributed by atoms with Crippen LogP contribution in [-0.2, 0) is 31.4 Å². The van der Waals surface area contributed by atoms with Crippen LogP contribution in [0.1, 0.15) is 36.2 Å². The van der Waals surface area contributed by atoms with Crippen LogP contribution < -0.4 is 0 Å². The highest BCUT2D eigenvalue weighted by atomic mass is 32.2. The van der Waals surface area contributed by atoms with Crippen LogP contribution in [0.2, 0.25) is 0 Å². The van der Waals surface area contributed by atoms with Gasteiger partial charge in [-0.2, -0.15) is 4.31 Å². The number of benzene rings is 2. The Morgan fingerprint density at radius 3 is 2.21 bits per heavy atom. The Bertz CT molecular complexity index is 1220. The van der Waals surface area contributed by atoms with Crippen molar-refractivity contribution >= 4 is 26.0 Å². The lowest BCUT2D eigenvalue weighted by atomic mass is 9.94. The summed E-state index contributed by atoms with van der Waals surface area (Å²) in [5.74, 6) is -0.152. The number of carbonyl (C=O) groups is 1. The number of ether oxygens (including phenoxy) is 1. The molecule has 33 heavy (non-hydrogen) atoms. The molecule has 0 amide bonds. The molecule has 0 N–H and O–H groups in total. The van der Waals surface area contributed by atoms with Crippen LogP contribution >= 0.6 is 0 Å². The molecule has 0 spiro atoms. The van der Waals surface area contributed by atoms with Gasteiger partial charge in [0.25, 0.3) is 0 Å². The first-order chi connectivity index (χ1) is 15.4. The quantitative estimate of drug-likeness (QED) is 0.549. The van der Waals surface area contributed by atoms with E-state index in [4.69, 9.17) is 4.74 Å². The highest BCUT2D eigenvalue weighted by Crippen LogP contribution is 2.27. The Morgan fingerprint density at radius 1 is 0.970 bits per heavy atom. The maximum Gasteiger partial charge on any atom is 0.338 e. The van der Waals surface area contributed by atoms with E-state index in [2.05, 4.69) is 0 Å². The largest absolute Gasteiger partial charge is 0.457 e. The second-order valence-electron chi connectivity index (χ2n) is 8.81. The summed E-state index contributed by atoms with van der Waals surface area (Å²) in [7, 11) is -4.46. The molecule has 0 bridgehead atoms. The van der Waals surface area contributed by atoms with E-state index in [1.807, 2.05) is 13.8 Å². The molecular weight excluding hydrogens is 464 g/mol. The van der Waals surface area contributed by atoms with Crippen molar-refractivity contribution in [3.8, 4) is 0 Å². The van der Waals surface area contributed by atoms with Gasteiger partial charge in [-0.05, 0) is 54.2 Å². The average Bonchev–Trinajstić information content (AvgIpc) is 2.77. The van der Waals surface area contributed by atoms with Gasteiger partial charge < -0.3 is 4.74 Å². The summed E-state index contributed by atoms with van der Waals surface area (Å²) in [6, 6.07) is 12.0. The Balaban J connectivity index is 1.74. The standard InChI is InChI=1S/C23H30N2O6S2/c1-17-11-18(2)15-25(14-17)33(29,30)22-10-6-8-20(13-22)23(26)31-16-19-7-5-9-21(12-19)32(27,28)24(3)4/h5-10,12-13,17-18H,11,14-16H2,1-4H3. The first-order valence-electron chi connectivity index (χ1n) is 10.7. The third kappa shape index (κ3) is 5.81. The fraction of sp³-hybridized carbons (Fsp3) is 0.435. The molecule has 2 aromatic carbocycles. The molecule has 0 saturated carbocycles. The fourth-order valence-electron chi connectivity index (χ4n) is 3.97. The minimum Gasteiger partial charge on any atom is -0.457 e. The van der Waals surface area contributed by atoms with Crippen molar-refractivity contribution in [2.75, 3.05) is 27.2 Å². The van der Waals surface area contributed by atoms with Crippen LogP contribution in [0.25, 0.3) is 0 Å². The van der Waals surface area contributed by atoms with Gasteiger partial charge in [-0.25, -0.2) is 25.9 Å². The topological polar surface area (TPSA) is 101 Å². The molecule has 0 aliphatic carbocycles. The molecule has 1 saturated heterocycles. The third-order valence-corrected chi connectivity index (χ3v) is 9.23. The van der Waals surface area contributed by atoms with Gasteiger partial charge in [0.05, 0.1) is 15.4 Å². The lowest BCUT2D eigenvalue weighted by Crippen LogP contribution is -2.42. The van der Waals surface area contributed by atoms with Crippen LogP contribution in [0.3, 0.4) is 0 Å². The molecule has 2 atom stereocenters. The van der Waals surface area contributed by atoms with E-state index in [-0.39, 0.29) is 33.8 Å².